The smallest absolute Gasteiger partial charge is 0.231 e. The van der Waals surface area contributed by atoms with Crippen molar-refractivity contribution in [3.8, 4) is 11.5 Å². The fourth-order valence-corrected chi connectivity index (χ4v) is 2.43. The van der Waals surface area contributed by atoms with Gasteiger partial charge in [0.15, 0.2) is 17.5 Å². The molecule has 0 saturated carbocycles. The normalized spacial score (nSPS) is 13.0. The highest BCUT2D eigenvalue weighted by Crippen LogP contribution is 2.32. The number of benzene rings is 2. The van der Waals surface area contributed by atoms with Gasteiger partial charge in [-0.25, -0.2) is 4.39 Å². The summed E-state index contributed by atoms with van der Waals surface area (Å²) in [5.74, 6) is 2.05. The highest BCUT2D eigenvalue weighted by Gasteiger charge is 2.13. The number of halogens is 1. The molecule has 0 bridgehead atoms. The molecule has 6 heteroatoms. The molecule has 0 aromatic heterocycles. The van der Waals surface area contributed by atoms with E-state index in [0.717, 1.165) is 35.0 Å². The fourth-order valence-electron chi connectivity index (χ4n) is 2.43. The molecule has 2 aromatic carbocycles. The third kappa shape index (κ3) is 4.16. The average Bonchev–Trinajstić information content (AvgIpc) is 3.07. The highest BCUT2D eigenvalue weighted by atomic mass is 19.1. The van der Waals surface area contributed by atoms with Gasteiger partial charge >= 0.3 is 0 Å². The van der Waals surface area contributed by atoms with Gasteiger partial charge in [0, 0.05) is 20.1 Å². The molecule has 24 heavy (non-hydrogen) atoms. The first-order valence-corrected chi connectivity index (χ1v) is 7.82. The van der Waals surface area contributed by atoms with Crippen molar-refractivity contribution < 1.29 is 13.9 Å². The van der Waals surface area contributed by atoms with E-state index in [1.54, 1.807) is 19.2 Å². The number of ether oxygens (including phenoxy) is 2. The maximum Gasteiger partial charge on any atom is 0.231 e. The molecule has 126 valence electrons. The number of hydrogen-bond acceptors (Lipinski definition) is 3. The molecule has 0 amide bonds. The third-order valence-electron chi connectivity index (χ3n) is 3.74. The molecular formula is C18H20FN3O2. The lowest BCUT2D eigenvalue weighted by molar-refractivity contribution is 0.174. The Morgan fingerprint density at radius 1 is 1.04 bits per heavy atom. The van der Waals surface area contributed by atoms with Crippen LogP contribution in [-0.2, 0) is 13.0 Å². The summed E-state index contributed by atoms with van der Waals surface area (Å²) in [6.07, 6.45) is 0.797. The van der Waals surface area contributed by atoms with E-state index in [9.17, 15) is 4.39 Å². The third-order valence-corrected chi connectivity index (χ3v) is 3.74. The Balaban J connectivity index is 1.46. The van der Waals surface area contributed by atoms with Gasteiger partial charge in [-0.15, -0.1) is 0 Å². The summed E-state index contributed by atoms with van der Waals surface area (Å²) in [6.45, 7) is 1.62. The van der Waals surface area contributed by atoms with Crippen LogP contribution in [-0.4, -0.2) is 26.3 Å². The second-order valence-corrected chi connectivity index (χ2v) is 5.42. The van der Waals surface area contributed by atoms with Crippen LogP contribution >= 0.6 is 0 Å². The Morgan fingerprint density at radius 3 is 2.58 bits per heavy atom. The van der Waals surface area contributed by atoms with E-state index in [0.29, 0.717) is 13.1 Å². The van der Waals surface area contributed by atoms with Crippen LogP contribution in [0.25, 0.3) is 0 Å². The van der Waals surface area contributed by atoms with Crippen LogP contribution in [0.2, 0.25) is 0 Å². The summed E-state index contributed by atoms with van der Waals surface area (Å²) < 4.78 is 23.5. The Kier molecular flexibility index (Phi) is 5.15. The maximum absolute atomic E-state index is 12.9. The Morgan fingerprint density at radius 2 is 1.79 bits per heavy atom. The molecule has 0 radical (unpaired) electrons. The number of rotatable bonds is 5. The molecule has 2 N–H and O–H groups in total. The summed E-state index contributed by atoms with van der Waals surface area (Å²) in [5.41, 5.74) is 2.16. The molecule has 0 saturated heterocycles. The molecule has 0 spiro atoms. The van der Waals surface area contributed by atoms with E-state index in [4.69, 9.17) is 9.47 Å². The maximum atomic E-state index is 12.9. The zero-order chi connectivity index (χ0) is 16.8. The largest absolute Gasteiger partial charge is 0.454 e. The van der Waals surface area contributed by atoms with Crippen LogP contribution in [0.1, 0.15) is 11.1 Å². The van der Waals surface area contributed by atoms with Gasteiger partial charge in [-0.1, -0.05) is 18.2 Å². The van der Waals surface area contributed by atoms with Gasteiger partial charge in [-0.05, 0) is 41.8 Å². The van der Waals surface area contributed by atoms with Crippen molar-refractivity contribution in [3.05, 3.63) is 59.4 Å². The van der Waals surface area contributed by atoms with E-state index in [1.165, 1.54) is 12.1 Å². The monoisotopic (exact) mass is 329 g/mol. The molecule has 3 rings (SSSR count). The van der Waals surface area contributed by atoms with Crippen molar-refractivity contribution in [1.29, 1.82) is 0 Å². The number of aliphatic imine (C=N–C) groups is 1. The lowest BCUT2D eigenvalue weighted by Crippen LogP contribution is -2.37. The van der Waals surface area contributed by atoms with Crippen molar-refractivity contribution in [1.82, 2.24) is 10.6 Å². The van der Waals surface area contributed by atoms with Gasteiger partial charge in [0.2, 0.25) is 6.79 Å². The number of nitrogens with one attached hydrogen (secondary N) is 2. The van der Waals surface area contributed by atoms with Gasteiger partial charge in [-0.2, -0.15) is 0 Å². The predicted molar refractivity (Wildman–Crippen MR) is 90.9 cm³/mol. The number of fused-ring (bicyclic) bond motifs is 1. The Bertz CT molecular complexity index is 717. The van der Waals surface area contributed by atoms with Crippen LogP contribution in [0.15, 0.2) is 47.5 Å². The summed E-state index contributed by atoms with van der Waals surface area (Å²) in [5, 5.41) is 6.50. The average molecular weight is 329 g/mol. The Hall–Kier alpha value is -2.76. The predicted octanol–water partition coefficient (Wildman–Crippen LogP) is 2.46. The zero-order valence-corrected chi connectivity index (χ0v) is 13.5. The summed E-state index contributed by atoms with van der Waals surface area (Å²) in [7, 11) is 1.73. The van der Waals surface area contributed by atoms with Crippen LogP contribution in [0.4, 0.5) is 4.39 Å². The van der Waals surface area contributed by atoms with Gasteiger partial charge < -0.3 is 20.1 Å². The fraction of sp³-hybridized carbons (Fsp3) is 0.278. The number of guanidine groups is 1. The summed E-state index contributed by atoms with van der Waals surface area (Å²) >= 11 is 0. The first-order valence-electron chi connectivity index (χ1n) is 7.82. The van der Waals surface area contributed by atoms with Crippen LogP contribution in [0, 0.1) is 5.82 Å². The van der Waals surface area contributed by atoms with Gasteiger partial charge in [-0.3, -0.25) is 4.99 Å². The molecule has 5 nitrogen and oxygen atoms in total. The van der Waals surface area contributed by atoms with Crippen molar-refractivity contribution in [3.63, 3.8) is 0 Å². The summed E-state index contributed by atoms with van der Waals surface area (Å²) in [4.78, 5) is 4.20. The lowest BCUT2D eigenvalue weighted by Gasteiger charge is -2.12. The highest BCUT2D eigenvalue weighted by molar-refractivity contribution is 5.79. The van der Waals surface area contributed by atoms with E-state index >= 15 is 0 Å². The standard InChI is InChI=1S/C18H20FN3O2/c1-20-18(21-9-8-13-2-5-15(19)6-3-13)22-11-14-4-7-16-17(10-14)24-12-23-16/h2-7,10H,8-9,11-12H2,1H3,(H2,20,21,22). The molecule has 0 atom stereocenters. The van der Waals surface area contributed by atoms with Crippen LogP contribution in [0.5, 0.6) is 11.5 Å². The SMILES string of the molecule is CN=C(NCCc1ccc(F)cc1)NCc1ccc2c(c1)OCO2. The number of hydrogen-bond donors (Lipinski definition) is 2. The number of nitrogens with zero attached hydrogens (tertiary/aromatic N) is 1. The first-order chi connectivity index (χ1) is 11.7. The minimum absolute atomic E-state index is 0.215. The molecule has 2 aromatic rings. The summed E-state index contributed by atoms with van der Waals surface area (Å²) in [6, 6.07) is 12.4. The van der Waals surface area contributed by atoms with Gasteiger partial charge in [0.05, 0.1) is 0 Å². The quantitative estimate of drug-likeness (QED) is 0.654. The molecule has 1 aliphatic rings. The molecule has 0 unspecified atom stereocenters. The van der Waals surface area contributed by atoms with E-state index < -0.39 is 0 Å². The minimum Gasteiger partial charge on any atom is -0.454 e. The second-order valence-electron chi connectivity index (χ2n) is 5.42. The van der Waals surface area contributed by atoms with Crippen molar-refractivity contribution in [2.75, 3.05) is 20.4 Å². The molecular weight excluding hydrogens is 309 g/mol. The van der Waals surface area contributed by atoms with E-state index in [-0.39, 0.29) is 12.6 Å². The molecule has 1 aliphatic heterocycles. The van der Waals surface area contributed by atoms with Crippen molar-refractivity contribution in [2.45, 2.75) is 13.0 Å². The molecule has 0 aliphatic carbocycles. The minimum atomic E-state index is -0.215. The van der Waals surface area contributed by atoms with E-state index in [2.05, 4.69) is 15.6 Å². The first kappa shape index (κ1) is 16.1. The van der Waals surface area contributed by atoms with Gasteiger partial charge in [0.25, 0.3) is 0 Å². The Labute approximate surface area is 140 Å². The second kappa shape index (κ2) is 7.68. The molecule has 0 fully saturated rings. The van der Waals surface area contributed by atoms with Crippen LogP contribution in [0.3, 0.4) is 0 Å². The van der Waals surface area contributed by atoms with E-state index in [1.807, 2.05) is 18.2 Å². The van der Waals surface area contributed by atoms with Crippen LogP contribution < -0.4 is 20.1 Å². The van der Waals surface area contributed by atoms with Crippen molar-refractivity contribution >= 4 is 5.96 Å². The topological polar surface area (TPSA) is 54.9 Å². The lowest BCUT2D eigenvalue weighted by atomic mass is 10.1. The molecule has 1 heterocycles. The van der Waals surface area contributed by atoms with Crippen molar-refractivity contribution in [2.24, 2.45) is 4.99 Å². The zero-order valence-electron chi connectivity index (χ0n) is 13.5. The van der Waals surface area contributed by atoms with Gasteiger partial charge in [0.1, 0.15) is 5.82 Å².